The number of aromatic nitrogens is 2. The van der Waals surface area contributed by atoms with Gasteiger partial charge in [0, 0.05) is 13.0 Å². The van der Waals surface area contributed by atoms with Gasteiger partial charge in [0.05, 0.1) is 13.7 Å². The molecule has 1 heterocycles. The number of guanidine groups is 1. The van der Waals surface area contributed by atoms with Gasteiger partial charge in [-0.3, -0.25) is 4.99 Å². The molecule has 0 atom stereocenters. The summed E-state index contributed by atoms with van der Waals surface area (Å²) < 4.78 is 10.1. The lowest BCUT2D eigenvalue weighted by molar-refractivity contribution is 0.376. The molecule has 1 aromatic heterocycles. The first kappa shape index (κ1) is 15.8. The summed E-state index contributed by atoms with van der Waals surface area (Å²) in [6.07, 6.45) is 1.45. The SMILES string of the molecule is COc1ccc(CCNC(N)=NCCc2nc(C)no2)cc1. The molecule has 0 amide bonds. The predicted molar refractivity (Wildman–Crippen MR) is 83.9 cm³/mol. The Morgan fingerprint density at radius 3 is 2.73 bits per heavy atom. The Labute approximate surface area is 129 Å². The normalized spacial score (nSPS) is 11.5. The lowest BCUT2D eigenvalue weighted by atomic mass is 10.1. The van der Waals surface area contributed by atoms with Gasteiger partial charge in [0.15, 0.2) is 11.8 Å². The standard InChI is InChI=1S/C15H21N5O2/c1-11-19-14(22-20-11)8-10-18-15(16)17-9-7-12-3-5-13(21-2)6-4-12/h3-6H,7-10H2,1-2H3,(H3,16,17,18). The first-order chi connectivity index (χ1) is 10.7. The minimum Gasteiger partial charge on any atom is -0.497 e. The molecule has 0 aliphatic heterocycles. The van der Waals surface area contributed by atoms with Crippen LogP contribution in [0.25, 0.3) is 0 Å². The number of nitrogens with zero attached hydrogens (tertiary/aromatic N) is 3. The summed E-state index contributed by atoms with van der Waals surface area (Å²) >= 11 is 0. The monoisotopic (exact) mass is 303 g/mol. The van der Waals surface area contributed by atoms with Crippen molar-refractivity contribution >= 4 is 5.96 Å². The molecule has 2 rings (SSSR count). The molecule has 0 bridgehead atoms. The molecule has 1 aromatic carbocycles. The maximum atomic E-state index is 5.81. The minimum atomic E-state index is 0.421. The molecule has 0 unspecified atom stereocenters. The lowest BCUT2D eigenvalue weighted by Crippen LogP contribution is -2.33. The second-order valence-electron chi connectivity index (χ2n) is 4.78. The van der Waals surface area contributed by atoms with E-state index in [4.69, 9.17) is 15.0 Å². The van der Waals surface area contributed by atoms with Crippen molar-refractivity contribution in [2.45, 2.75) is 19.8 Å². The molecule has 0 spiro atoms. The Morgan fingerprint density at radius 1 is 1.32 bits per heavy atom. The second kappa shape index (κ2) is 8.02. The highest BCUT2D eigenvalue weighted by atomic mass is 16.5. The van der Waals surface area contributed by atoms with Crippen molar-refractivity contribution in [2.24, 2.45) is 10.7 Å². The van der Waals surface area contributed by atoms with Crippen LogP contribution < -0.4 is 15.8 Å². The molecule has 0 saturated heterocycles. The Bertz CT molecular complexity index is 607. The zero-order valence-corrected chi connectivity index (χ0v) is 12.9. The van der Waals surface area contributed by atoms with Crippen molar-refractivity contribution < 1.29 is 9.26 Å². The third-order valence-corrected chi connectivity index (χ3v) is 3.06. The molecule has 2 aromatic rings. The van der Waals surface area contributed by atoms with E-state index in [0.717, 1.165) is 18.7 Å². The van der Waals surface area contributed by atoms with Crippen molar-refractivity contribution in [3.05, 3.63) is 41.5 Å². The summed E-state index contributed by atoms with van der Waals surface area (Å²) in [5.74, 6) is 2.48. The topological polar surface area (TPSA) is 98.6 Å². The predicted octanol–water partition coefficient (Wildman–Crippen LogP) is 1.08. The van der Waals surface area contributed by atoms with E-state index >= 15 is 0 Å². The highest BCUT2D eigenvalue weighted by Crippen LogP contribution is 2.11. The van der Waals surface area contributed by atoms with Crippen molar-refractivity contribution in [3.63, 3.8) is 0 Å². The Morgan fingerprint density at radius 2 is 2.09 bits per heavy atom. The highest BCUT2D eigenvalue weighted by molar-refractivity contribution is 5.77. The van der Waals surface area contributed by atoms with E-state index in [1.807, 2.05) is 24.3 Å². The zero-order valence-electron chi connectivity index (χ0n) is 12.9. The van der Waals surface area contributed by atoms with Crippen LogP contribution in [0.15, 0.2) is 33.8 Å². The molecule has 0 aliphatic carbocycles. The zero-order chi connectivity index (χ0) is 15.8. The van der Waals surface area contributed by atoms with E-state index in [2.05, 4.69) is 20.4 Å². The Kier molecular flexibility index (Phi) is 5.76. The second-order valence-corrected chi connectivity index (χ2v) is 4.78. The van der Waals surface area contributed by atoms with Crippen molar-refractivity contribution in [1.29, 1.82) is 0 Å². The summed E-state index contributed by atoms with van der Waals surface area (Å²) in [7, 11) is 1.66. The van der Waals surface area contributed by atoms with Gasteiger partial charge in [-0.1, -0.05) is 17.3 Å². The quantitative estimate of drug-likeness (QED) is 0.586. The van der Waals surface area contributed by atoms with Gasteiger partial charge in [0.25, 0.3) is 0 Å². The largest absolute Gasteiger partial charge is 0.497 e. The van der Waals surface area contributed by atoms with Gasteiger partial charge in [-0.2, -0.15) is 4.98 Å². The van der Waals surface area contributed by atoms with E-state index in [1.54, 1.807) is 14.0 Å². The summed E-state index contributed by atoms with van der Waals surface area (Å²) in [6.45, 7) is 3.02. The van der Waals surface area contributed by atoms with Gasteiger partial charge in [-0.15, -0.1) is 0 Å². The summed E-state index contributed by atoms with van der Waals surface area (Å²) in [5.41, 5.74) is 7.02. The molecule has 7 heteroatoms. The van der Waals surface area contributed by atoms with Crippen molar-refractivity contribution in [2.75, 3.05) is 20.2 Å². The molecule has 118 valence electrons. The number of hydrogen-bond donors (Lipinski definition) is 2. The molecular formula is C15H21N5O2. The van der Waals surface area contributed by atoms with E-state index in [1.165, 1.54) is 5.56 Å². The van der Waals surface area contributed by atoms with Crippen LogP contribution in [0.1, 0.15) is 17.3 Å². The molecule has 0 radical (unpaired) electrons. The van der Waals surface area contributed by atoms with Gasteiger partial charge in [-0.25, -0.2) is 0 Å². The number of nitrogens with two attached hydrogens (primary N) is 1. The van der Waals surface area contributed by atoms with Crippen LogP contribution in [0.2, 0.25) is 0 Å². The van der Waals surface area contributed by atoms with Gasteiger partial charge in [0.2, 0.25) is 5.89 Å². The van der Waals surface area contributed by atoms with E-state index < -0.39 is 0 Å². The smallest absolute Gasteiger partial charge is 0.228 e. The van der Waals surface area contributed by atoms with Crippen molar-refractivity contribution in [1.82, 2.24) is 15.5 Å². The molecule has 0 fully saturated rings. The van der Waals surface area contributed by atoms with Crippen LogP contribution in [0.3, 0.4) is 0 Å². The van der Waals surface area contributed by atoms with E-state index in [0.29, 0.717) is 30.6 Å². The molecule has 0 saturated carbocycles. The molecule has 0 aliphatic rings. The van der Waals surface area contributed by atoms with Gasteiger partial charge in [0.1, 0.15) is 5.75 Å². The number of nitrogens with one attached hydrogen (secondary N) is 1. The van der Waals surface area contributed by atoms with Crippen LogP contribution in [-0.2, 0) is 12.8 Å². The first-order valence-corrected chi connectivity index (χ1v) is 7.13. The van der Waals surface area contributed by atoms with E-state index in [9.17, 15) is 0 Å². The molecular weight excluding hydrogens is 282 g/mol. The first-order valence-electron chi connectivity index (χ1n) is 7.13. The maximum absolute atomic E-state index is 5.81. The maximum Gasteiger partial charge on any atom is 0.228 e. The highest BCUT2D eigenvalue weighted by Gasteiger charge is 2.01. The Balaban J connectivity index is 1.67. The average molecular weight is 303 g/mol. The number of aliphatic imine (C=N–C) groups is 1. The van der Waals surface area contributed by atoms with E-state index in [-0.39, 0.29) is 0 Å². The number of hydrogen-bond acceptors (Lipinski definition) is 5. The van der Waals surface area contributed by atoms with Crippen molar-refractivity contribution in [3.8, 4) is 5.75 Å². The van der Waals surface area contributed by atoms with Crippen LogP contribution in [0.4, 0.5) is 0 Å². The molecule has 22 heavy (non-hydrogen) atoms. The third kappa shape index (κ3) is 5.08. The fourth-order valence-corrected chi connectivity index (χ4v) is 1.90. The van der Waals surface area contributed by atoms with Crippen LogP contribution in [0.5, 0.6) is 5.75 Å². The third-order valence-electron chi connectivity index (χ3n) is 3.06. The Hall–Kier alpha value is -2.57. The minimum absolute atomic E-state index is 0.421. The fourth-order valence-electron chi connectivity index (χ4n) is 1.90. The number of ether oxygens (including phenoxy) is 1. The summed E-state index contributed by atoms with van der Waals surface area (Å²) in [6, 6.07) is 7.95. The number of rotatable bonds is 7. The average Bonchev–Trinajstić information content (AvgIpc) is 2.93. The molecule has 7 nitrogen and oxygen atoms in total. The van der Waals surface area contributed by atoms with Crippen LogP contribution >= 0.6 is 0 Å². The molecule has 3 N–H and O–H groups in total. The summed E-state index contributed by atoms with van der Waals surface area (Å²) in [5, 5.41) is 6.80. The van der Waals surface area contributed by atoms with Gasteiger partial charge in [-0.05, 0) is 31.0 Å². The lowest BCUT2D eigenvalue weighted by Gasteiger charge is -2.06. The van der Waals surface area contributed by atoms with Crippen LogP contribution in [-0.4, -0.2) is 36.3 Å². The number of aryl methyl sites for hydroxylation is 1. The van der Waals surface area contributed by atoms with Crippen LogP contribution in [0, 0.1) is 6.92 Å². The number of methoxy groups -OCH3 is 1. The number of benzene rings is 1. The van der Waals surface area contributed by atoms with Gasteiger partial charge < -0.3 is 20.3 Å². The summed E-state index contributed by atoms with van der Waals surface area (Å²) in [4.78, 5) is 8.33. The fraction of sp³-hybridized carbons (Fsp3) is 0.400. The van der Waals surface area contributed by atoms with Gasteiger partial charge >= 0.3 is 0 Å².